The molecule has 2 fully saturated rings. The van der Waals surface area contributed by atoms with E-state index in [1.54, 1.807) is 0 Å². The van der Waals surface area contributed by atoms with Crippen LogP contribution < -0.4 is 11.1 Å². The summed E-state index contributed by atoms with van der Waals surface area (Å²) in [7, 11) is 0. The van der Waals surface area contributed by atoms with Gasteiger partial charge in [0, 0.05) is 13.0 Å². The third-order valence-corrected chi connectivity index (χ3v) is 4.17. The van der Waals surface area contributed by atoms with Gasteiger partial charge < -0.3 is 15.8 Å². The van der Waals surface area contributed by atoms with Crippen molar-refractivity contribution >= 4 is 23.8 Å². The van der Waals surface area contributed by atoms with Gasteiger partial charge in [0.25, 0.3) is 11.8 Å². The summed E-state index contributed by atoms with van der Waals surface area (Å²) in [5.41, 5.74) is 4.27. The molecule has 3 N–H and O–H groups in total. The molecular formula is C14H21N3O5. The van der Waals surface area contributed by atoms with E-state index in [1.165, 1.54) is 6.92 Å². The molecule has 1 spiro atoms. The quantitative estimate of drug-likeness (QED) is 0.530. The number of nitrogens with two attached hydrogens (primary N) is 1. The first-order chi connectivity index (χ1) is 10.4. The van der Waals surface area contributed by atoms with Crippen molar-refractivity contribution in [2.24, 2.45) is 5.73 Å². The summed E-state index contributed by atoms with van der Waals surface area (Å²) in [6.07, 6.45) is 2.53. The maximum atomic E-state index is 12.3. The van der Waals surface area contributed by atoms with Crippen LogP contribution in [0.2, 0.25) is 0 Å². The van der Waals surface area contributed by atoms with Crippen LogP contribution in [0.5, 0.6) is 0 Å². The first kappa shape index (κ1) is 16.3. The SMILES string of the molecule is C[C@H](OC(=O)CCCN1C(=O)NC2(CCCC2)C1=O)C(N)=O. The minimum absolute atomic E-state index is 0.0156. The van der Waals surface area contributed by atoms with Crippen LogP contribution in [0.3, 0.4) is 0 Å². The second-order valence-corrected chi connectivity index (χ2v) is 5.81. The van der Waals surface area contributed by atoms with Crippen molar-refractivity contribution in [1.29, 1.82) is 0 Å². The number of esters is 1. The lowest BCUT2D eigenvalue weighted by Gasteiger charge is -2.19. The standard InChI is InChI=1S/C14H21N3O5/c1-9(11(15)19)22-10(18)5-4-8-17-12(20)14(16-13(17)21)6-2-3-7-14/h9H,2-8H2,1H3,(H2,15,19)(H,16,21)/t9-/m0/s1. The van der Waals surface area contributed by atoms with E-state index in [1.807, 2.05) is 0 Å². The summed E-state index contributed by atoms with van der Waals surface area (Å²) >= 11 is 0. The number of nitrogens with zero attached hydrogens (tertiary/aromatic N) is 1. The van der Waals surface area contributed by atoms with Crippen molar-refractivity contribution < 1.29 is 23.9 Å². The minimum atomic E-state index is -0.981. The number of hydrogen-bond acceptors (Lipinski definition) is 5. The van der Waals surface area contributed by atoms with Gasteiger partial charge in [0.2, 0.25) is 0 Å². The maximum absolute atomic E-state index is 12.3. The van der Waals surface area contributed by atoms with Gasteiger partial charge in [-0.1, -0.05) is 12.8 Å². The molecular weight excluding hydrogens is 290 g/mol. The zero-order valence-electron chi connectivity index (χ0n) is 12.6. The molecule has 22 heavy (non-hydrogen) atoms. The first-order valence-corrected chi connectivity index (χ1v) is 7.49. The van der Waals surface area contributed by atoms with E-state index < -0.39 is 29.6 Å². The van der Waals surface area contributed by atoms with E-state index in [2.05, 4.69) is 5.32 Å². The highest BCUT2D eigenvalue weighted by molar-refractivity contribution is 6.07. The maximum Gasteiger partial charge on any atom is 0.325 e. The molecule has 0 radical (unpaired) electrons. The van der Waals surface area contributed by atoms with E-state index in [4.69, 9.17) is 10.5 Å². The van der Waals surface area contributed by atoms with Gasteiger partial charge >= 0.3 is 12.0 Å². The molecule has 1 aliphatic heterocycles. The number of hydrogen-bond donors (Lipinski definition) is 2. The van der Waals surface area contributed by atoms with Gasteiger partial charge in [0.05, 0.1) is 0 Å². The zero-order valence-corrected chi connectivity index (χ0v) is 12.6. The molecule has 0 aromatic rings. The van der Waals surface area contributed by atoms with Gasteiger partial charge in [-0.25, -0.2) is 4.79 Å². The molecule has 1 atom stereocenters. The van der Waals surface area contributed by atoms with Gasteiger partial charge in [0.15, 0.2) is 6.10 Å². The van der Waals surface area contributed by atoms with Crippen LogP contribution in [-0.4, -0.2) is 46.9 Å². The van der Waals surface area contributed by atoms with Gasteiger partial charge in [-0.05, 0) is 26.2 Å². The van der Waals surface area contributed by atoms with Crippen LogP contribution in [0.15, 0.2) is 0 Å². The lowest BCUT2D eigenvalue weighted by molar-refractivity contribution is -0.154. The number of ether oxygens (including phenoxy) is 1. The molecule has 0 aromatic carbocycles. The average Bonchev–Trinajstić information content (AvgIpc) is 2.99. The Kier molecular flexibility index (Phi) is 4.68. The van der Waals surface area contributed by atoms with Crippen LogP contribution in [0.25, 0.3) is 0 Å². The Balaban J connectivity index is 1.80. The fraction of sp³-hybridized carbons (Fsp3) is 0.714. The van der Waals surface area contributed by atoms with Crippen LogP contribution in [0, 0.1) is 0 Å². The van der Waals surface area contributed by atoms with Gasteiger partial charge in [-0.2, -0.15) is 0 Å². The van der Waals surface area contributed by atoms with Crippen molar-refractivity contribution in [1.82, 2.24) is 10.2 Å². The average molecular weight is 311 g/mol. The molecule has 4 amide bonds. The Morgan fingerprint density at radius 2 is 2.00 bits per heavy atom. The topological polar surface area (TPSA) is 119 Å². The lowest BCUT2D eigenvalue weighted by Crippen LogP contribution is -2.44. The van der Waals surface area contributed by atoms with Gasteiger partial charge in [0.1, 0.15) is 5.54 Å². The number of carbonyl (C=O) groups excluding carboxylic acids is 4. The summed E-state index contributed by atoms with van der Waals surface area (Å²) in [6.45, 7) is 1.55. The van der Waals surface area contributed by atoms with Crippen molar-refractivity contribution in [3.05, 3.63) is 0 Å². The normalized spacial score (nSPS) is 21.0. The molecule has 122 valence electrons. The van der Waals surface area contributed by atoms with E-state index in [-0.39, 0.29) is 18.9 Å². The number of amides is 4. The fourth-order valence-corrected chi connectivity index (χ4v) is 2.89. The molecule has 8 heteroatoms. The molecule has 1 aliphatic carbocycles. The van der Waals surface area contributed by atoms with Crippen molar-refractivity contribution in [3.8, 4) is 0 Å². The number of imide groups is 1. The Morgan fingerprint density at radius 3 is 2.59 bits per heavy atom. The van der Waals surface area contributed by atoms with E-state index >= 15 is 0 Å². The van der Waals surface area contributed by atoms with Crippen molar-refractivity contribution in [3.63, 3.8) is 0 Å². The number of urea groups is 1. The lowest BCUT2D eigenvalue weighted by atomic mass is 9.98. The van der Waals surface area contributed by atoms with Crippen LogP contribution >= 0.6 is 0 Å². The highest BCUT2D eigenvalue weighted by Crippen LogP contribution is 2.35. The highest BCUT2D eigenvalue weighted by atomic mass is 16.5. The number of rotatable bonds is 6. The number of nitrogens with one attached hydrogen (secondary N) is 1. The monoisotopic (exact) mass is 311 g/mol. The summed E-state index contributed by atoms with van der Waals surface area (Å²) in [6, 6.07) is -0.397. The fourth-order valence-electron chi connectivity index (χ4n) is 2.89. The van der Waals surface area contributed by atoms with Crippen molar-refractivity contribution in [2.45, 2.75) is 57.1 Å². The smallest absolute Gasteiger partial charge is 0.325 e. The van der Waals surface area contributed by atoms with Crippen molar-refractivity contribution in [2.75, 3.05) is 6.54 Å². The predicted octanol–water partition coefficient (Wildman–Crippen LogP) is 0.0482. The zero-order chi connectivity index (χ0) is 16.3. The molecule has 0 bridgehead atoms. The Hall–Kier alpha value is -2.12. The highest BCUT2D eigenvalue weighted by Gasteiger charge is 2.52. The molecule has 1 saturated carbocycles. The predicted molar refractivity (Wildman–Crippen MR) is 75.4 cm³/mol. The summed E-state index contributed by atoms with van der Waals surface area (Å²) in [5, 5.41) is 2.77. The van der Waals surface area contributed by atoms with Gasteiger partial charge in [-0.3, -0.25) is 19.3 Å². The first-order valence-electron chi connectivity index (χ1n) is 7.49. The van der Waals surface area contributed by atoms with Gasteiger partial charge in [-0.15, -0.1) is 0 Å². The second-order valence-electron chi connectivity index (χ2n) is 5.81. The molecule has 8 nitrogen and oxygen atoms in total. The Morgan fingerprint density at radius 1 is 1.36 bits per heavy atom. The minimum Gasteiger partial charge on any atom is -0.453 e. The molecule has 2 aliphatic rings. The molecule has 0 aromatic heterocycles. The third kappa shape index (κ3) is 3.20. The van der Waals surface area contributed by atoms with E-state index in [0.29, 0.717) is 19.3 Å². The molecule has 1 saturated heterocycles. The number of carbonyl (C=O) groups is 4. The van der Waals surface area contributed by atoms with Crippen LogP contribution in [-0.2, 0) is 19.1 Å². The largest absolute Gasteiger partial charge is 0.453 e. The number of primary amides is 1. The Labute approximate surface area is 128 Å². The molecule has 0 unspecified atom stereocenters. The van der Waals surface area contributed by atoms with Crippen LogP contribution in [0.1, 0.15) is 45.4 Å². The second kappa shape index (κ2) is 6.33. The summed E-state index contributed by atoms with van der Waals surface area (Å²) in [4.78, 5) is 47.7. The third-order valence-electron chi connectivity index (χ3n) is 4.17. The van der Waals surface area contributed by atoms with Crippen LogP contribution in [0.4, 0.5) is 4.79 Å². The van der Waals surface area contributed by atoms with E-state index in [0.717, 1.165) is 17.7 Å². The summed E-state index contributed by atoms with van der Waals surface area (Å²) in [5.74, 6) is -1.49. The Bertz CT molecular complexity index is 499. The van der Waals surface area contributed by atoms with E-state index in [9.17, 15) is 19.2 Å². The molecule has 2 rings (SSSR count). The molecule has 1 heterocycles. The summed E-state index contributed by atoms with van der Waals surface area (Å²) < 4.78 is 4.81.